The molecular formula is C17H23NO2S. The number of benzene rings is 1. The van der Waals surface area contributed by atoms with E-state index in [1.165, 1.54) is 12.2 Å². The van der Waals surface area contributed by atoms with Gasteiger partial charge in [-0.1, -0.05) is 19.9 Å². The van der Waals surface area contributed by atoms with Crippen LogP contribution in [-0.2, 0) is 6.42 Å². The number of hydrogen-bond donors (Lipinski definition) is 1. The molecule has 0 aliphatic carbocycles. The zero-order chi connectivity index (χ0) is 15.0. The summed E-state index contributed by atoms with van der Waals surface area (Å²) >= 11 is 2.03. The molecule has 0 spiro atoms. The number of carboxylic acid groups (broad SMARTS) is 1. The Morgan fingerprint density at radius 2 is 2.24 bits per heavy atom. The summed E-state index contributed by atoms with van der Waals surface area (Å²) in [5, 5.41) is 9.42. The smallest absolute Gasteiger partial charge is 0.336 e. The highest BCUT2D eigenvalue weighted by molar-refractivity contribution is 7.99. The van der Waals surface area contributed by atoms with Crippen LogP contribution in [0, 0.1) is 5.41 Å². The molecule has 0 aromatic heterocycles. The number of carbonyl (C=O) groups is 1. The number of rotatable bonds is 2. The van der Waals surface area contributed by atoms with E-state index in [1.54, 1.807) is 6.07 Å². The summed E-state index contributed by atoms with van der Waals surface area (Å²) < 4.78 is 0. The third kappa shape index (κ3) is 2.66. The number of fused-ring (bicyclic) bond motifs is 1. The molecule has 1 fully saturated rings. The van der Waals surface area contributed by atoms with E-state index in [0.717, 1.165) is 36.4 Å². The Kier molecular flexibility index (Phi) is 3.91. The van der Waals surface area contributed by atoms with E-state index >= 15 is 0 Å². The van der Waals surface area contributed by atoms with E-state index in [2.05, 4.69) is 24.8 Å². The zero-order valence-corrected chi connectivity index (χ0v) is 13.6. The van der Waals surface area contributed by atoms with Crippen LogP contribution < -0.4 is 4.90 Å². The number of carboxylic acids is 1. The molecule has 114 valence electrons. The van der Waals surface area contributed by atoms with Crippen molar-refractivity contribution in [3.05, 3.63) is 29.3 Å². The molecule has 0 amide bonds. The molecule has 1 aromatic carbocycles. The van der Waals surface area contributed by atoms with Gasteiger partial charge in [0, 0.05) is 24.0 Å². The molecule has 1 atom stereocenters. The van der Waals surface area contributed by atoms with Crippen molar-refractivity contribution in [3.8, 4) is 0 Å². The molecule has 2 aliphatic rings. The first-order chi connectivity index (χ1) is 10.0. The number of nitrogens with zero attached hydrogens (tertiary/aromatic N) is 1. The Bertz CT molecular complexity index is 556. The minimum absolute atomic E-state index is 0.291. The number of anilines is 1. The van der Waals surface area contributed by atoms with Crippen LogP contribution >= 0.6 is 11.8 Å². The van der Waals surface area contributed by atoms with Crippen molar-refractivity contribution in [3.63, 3.8) is 0 Å². The molecule has 0 saturated carbocycles. The maximum Gasteiger partial charge on any atom is 0.336 e. The van der Waals surface area contributed by atoms with Crippen LogP contribution in [0.1, 0.15) is 42.6 Å². The van der Waals surface area contributed by atoms with Crippen LogP contribution in [0.4, 0.5) is 5.69 Å². The predicted octanol–water partition coefficient (Wildman–Crippen LogP) is 3.67. The SMILES string of the molecule is CC1(C)CCSCC1N1CCCc2c(C(=O)O)cccc21. The molecule has 1 unspecified atom stereocenters. The summed E-state index contributed by atoms with van der Waals surface area (Å²) in [5.74, 6) is 1.58. The van der Waals surface area contributed by atoms with Crippen molar-refractivity contribution < 1.29 is 9.90 Å². The molecule has 1 aromatic rings. The van der Waals surface area contributed by atoms with Gasteiger partial charge < -0.3 is 10.0 Å². The van der Waals surface area contributed by atoms with Crippen molar-refractivity contribution in [2.75, 3.05) is 23.0 Å². The molecule has 21 heavy (non-hydrogen) atoms. The number of hydrogen-bond acceptors (Lipinski definition) is 3. The lowest BCUT2D eigenvalue weighted by molar-refractivity contribution is 0.0695. The van der Waals surface area contributed by atoms with E-state index in [1.807, 2.05) is 17.8 Å². The molecular weight excluding hydrogens is 282 g/mol. The fourth-order valence-electron chi connectivity index (χ4n) is 3.61. The van der Waals surface area contributed by atoms with Gasteiger partial charge in [0.2, 0.25) is 0 Å². The second-order valence-electron chi connectivity index (χ2n) is 6.73. The van der Waals surface area contributed by atoms with Gasteiger partial charge in [-0.2, -0.15) is 11.8 Å². The Morgan fingerprint density at radius 1 is 1.43 bits per heavy atom. The largest absolute Gasteiger partial charge is 0.478 e. The van der Waals surface area contributed by atoms with Gasteiger partial charge in [0.25, 0.3) is 0 Å². The maximum absolute atomic E-state index is 11.5. The molecule has 4 heteroatoms. The van der Waals surface area contributed by atoms with Crippen LogP contribution in [0.15, 0.2) is 18.2 Å². The van der Waals surface area contributed by atoms with Crippen LogP contribution in [0.5, 0.6) is 0 Å². The lowest BCUT2D eigenvalue weighted by Crippen LogP contribution is -2.51. The summed E-state index contributed by atoms with van der Waals surface area (Å²) in [7, 11) is 0. The van der Waals surface area contributed by atoms with Gasteiger partial charge in [-0.05, 0) is 48.1 Å². The predicted molar refractivity (Wildman–Crippen MR) is 88.6 cm³/mol. The van der Waals surface area contributed by atoms with E-state index in [-0.39, 0.29) is 0 Å². The fraction of sp³-hybridized carbons (Fsp3) is 0.588. The summed E-state index contributed by atoms with van der Waals surface area (Å²) in [4.78, 5) is 13.9. The third-order valence-electron chi connectivity index (χ3n) is 4.96. The maximum atomic E-state index is 11.5. The van der Waals surface area contributed by atoms with Gasteiger partial charge in [-0.25, -0.2) is 4.79 Å². The zero-order valence-electron chi connectivity index (χ0n) is 12.8. The number of thioether (sulfide) groups is 1. The topological polar surface area (TPSA) is 40.5 Å². The first kappa shape index (κ1) is 14.8. The molecule has 2 heterocycles. The Balaban J connectivity index is 2.01. The van der Waals surface area contributed by atoms with E-state index < -0.39 is 5.97 Å². The minimum Gasteiger partial charge on any atom is -0.478 e. The van der Waals surface area contributed by atoms with Gasteiger partial charge >= 0.3 is 5.97 Å². The monoisotopic (exact) mass is 305 g/mol. The first-order valence-electron chi connectivity index (χ1n) is 7.70. The summed E-state index contributed by atoms with van der Waals surface area (Å²) in [6.45, 7) is 5.75. The van der Waals surface area contributed by atoms with E-state index in [4.69, 9.17) is 0 Å². The lowest BCUT2D eigenvalue weighted by Gasteiger charge is -2.48. The highest BCUT2D eigenvalue weighted by atomic mass is 32.2. The van der Waals surface area contributed by atoms with Gasteiger partial charge in [0.05, 0.1) is 5.56 Å². The molecule has 0 bridgehead atoms. The lowest BCUT2D eigenvalue weighted by atomic mass is 9.80. The van der Waals surface area contributed by atoms with Crippen LogP contribution in [0.25, 0.3) is 0 Å². The van der Waals surface area contributed by atoms with Gasteiger partial charge in [0.15, 0.2) is 0 Å². The van der Waals surface area contributed by atoms with E-state index in [9.17, 15) is 9.90 Å². The molecule has 3 rings (SSSR count). The summed E-state index contributed by atoms with van der Waals surface area (Å²) in [6.07, 6.45) is 3.16. The second kappa shape index (κ2) is 5.56. The third-order valence-corrected chi connectivity index (χ3v) is 6.01. The average Bonchev–Trinajstić information content (AvgIpc) is 2.45. The van der Waals surface area contributed by atoms with Crippen LogP contribution in [0.3, 0.4) is 0 Å². The Labute approximate surface area is 130 Å². The summed E-state index contributed by atoms with van der Waals surface area (Å²) in [6, 6.07) is 6.24. The summed E-state index contributed by atoms with van der Waals surface area (Å²) in [5.41, 5.74) is 2.96. The highest BCUT2D eigenvalue weighted by Gasteiger charge is 2.38. The van der Waals surface area contributed by atoms with Crippen LogP contribution in [-0.4, -0.2) is 35.2 Å². The highest BCUT2D eigenvalue weighted by Crippen LogP contribution is 2.42. The van der Waals surface area contributed by atoms with E-state index in [0.29, 0.717) is 17.0 Å². The van der Waals surface area contributed by atoms with Crippen molar-refractivity contribution in [1.82, 2.24) is 0 Å². The molecule has 1 N–H and O–H groups in total. The average molecular weight is 305 g/mol. The Hall–Kier alpha value is -1.16. The molecule has 2 aliphatic heterocycles. The number of aromatic carboxylic acids is 1. The normalized spacial score (nSPS) is 24.5. The quantitative estimate of drug-likeness (QED) is 0.905. The molecule has 1 saturated heterocycles. The fourth-order valence-corrected chi connectivity index (χ4v) is 5.30. The van der Waals surface area contributed by atoms with Gasteiger partial charge in [0.1, 0.15) is 0 Å². The van der Waals surface area contributed by atoms with Crippen molar-refractivity contribution in [1.29, 1.82) is 0 Å². The first-order valence-corrected chi connectivity index (χ1v) is 8.86. The van der Waals surface area contributed by atoms with Gasteiger partial charge in [-0.3, -0.25) is 0 Å². The Morgan fingerprint density at radius 3 is 2.95 bits per heavy atom. The molecule has 0 radical (unpaired) electrons. The molecule has 3 nitrogen and oxygen atoms in total. The van der Waals surface area contributed by atoms with Crippen molar-refractivity contribution >= 4 is 23.4 Å². The standard InChI is InChI=1S/C17H23NO2S/c1-17(2)8-10-21-11-15(17)18-9-4-6-12-13(16(19)20)5-3-7-14(12)18/h3,5,7,15H,4,6,8-11H2,1-2H3,(H,19,20). The minimum atomic E-state index is -0.800. The van der Waals surface area contributed by atoms with Crippen molar-refractivity contribution in [2.24, 2.45) is 5.41 Å². The van der Waals surface area contributed by atoms with Crippen LogP contribution in [0.2, 0.25) is 0 Å². The van der Waals surface area contributed by atoms with Gasteiger partial charge in [-0.15, -0.1) is 0 Å². The van der Waals surface area contributed by atoms with Crippen molar-refractivity contribution in [2.45, 2.75) is 39.2 Å². The second-order valence-corrected chi connectivity index (χ2v) is 7.88.